The Hall–Kier alpha value is -0.520. The van der Waals surface area contributed by atoms with Crippen LogP contribution in [0.15, 0.2) is 17.7 Å². The van der Waals surface area contributed by atoms with E-state index < -0.39 is 0 Å². The molecule has 0 fully saturated rings. The van der Waals surface area contributed by atoms with Crippen LogP contribution in [0, 0.1) is 6.08 Å². The first-order chi connectivity index (χ1) is 2.89. The molecule has 0 spiro atoms. The zero-order chi connectivity index (χ0) is 4.41. The van der Waals surface area contributed by atoms with Crippen molar-refractivity contribution in [2.24, 2.45) is 0 Å². The zero-order valence-electron chi connectivity index (χ0n) is 3.86. The minimum Gasteiger partial charge on any atom is -0.0689 e. The van der Waals surface area contributed by atoms with Gasteiger partial charge in [0.1, 0.15) is 0 Å². The molecule has 0 saturated heterocycles. The lowest BCUT2D eigenvalue weighted by Gasteiger charge is -1.78. The van der Waals surface area contributed by atoms with Gasteiger partial charge in [0.2, 0.25) is 0 Å². The molecule has 0 aromatic heterocycles. The Bertz CT molecular complexity index is 96.6. The van der Waals surface area contributed by atoms with Gasteiger partial charge < -0.3 is 0 Å². The summed E-state index contributed by atoms with van der Waals surface area (Å²) in [6, 6.07) is 0. The van der Waals surface area contributed by atoms with Crippen LogP contribution >= 0.6 is 0 Å². The quantitative estimate of drug-likeness (QED) is 0.414. The predicted octanol–water partition coefficient (Wildman–Crippen LogP) is 1.70. The van der Waals surface area contributed by atoms with Crippen LogP contribution in [0.3, 0.4) is 0 Å². The highest BCUT2D eigenvalue weighted by Crippen LogP contribution is 2.05. The molecule has 6 heavy (non-hydrogen) atoms. The molecule has 31 valence electrons. The molecule has 0 unspecified atom stereocenters. The van der Waals surface area contributed by atoms with E-state index in [4.69, 9.17) is 0 Å². The zero-order valence-corrected chi connectivity index (χ0v) is 3.86. The number of allylic oxidation sites excluding steroid dienone is 4. The maximum atomic E-state index is 3.05. The normalized spacial score (nSPS) is 18.5. The summed E-state index contributed by atoms with van der Waals surface area (Å²) in [5, 5.41) is 0. The van der Waals surface area contributed by atoms with E-state index in [0.29, 0.717) is 0 Å². The summed E-state index contributed by atoms with van der Waals surface area (Å²) in [5.74, 6) is 0. The molecule has 0 saturated carbocycles. The first-order valence-corrected chi connectivity index (χ1v) is 2.12. The fourth-order valence-corrected chi connectivity index (χ4v) is 0.480. The van der Waals surface area contributed by atoms with Crippen molar-refractivity contribution in [1.82, 2.24) is 0 Å². The smallest absolute Gasteiger partial charge is 0.00639 e. The Balaban J connectivity index is 2.61. The van der Waals surface area contributed by atoms with Crippen LogP contribution in [0.2, 0.25) is 0 Å². The highest BCUT2D eigenvalue weighted by Gasteiger charge is 1.86. The third kappa shape index (κ3) is 0.510. The topological polar surface area (TPSA) is 0 Å². The average molecular weight is 79.1 g/mol. The molecule has 1 aliphatic carbocycles. The van der Waals surface area contributed by atoms with Gasteiger partial charge in [-0.1, -0.05) is 17.7 Å². The Labute approximate surface area is 38.2 Å². The van der Waals surface area contributed by atoms with Crippen LogP contribution < -0.4 is 0 Å². The first kappa shape index (κ1) is 3.66. The third-order valence-electron chi connectivity index (χ3n) is 0.867. The van der Waals surface area contributed by atoms with E-state index in [2.05, 4.69) is 19.1 Å². The van der Waals surface area contributed by atoms with E-state index in [-0.39, 0.29) is 0 Å². The minimum absolute atomic E-state index is 1.04. The minimum atomic E-state index is 1.04. The summed E-state index contributed by atoms with van der Waals surface area (Å²) < 4.78 is 0. The van der Waals surface area contributed by atoms with Crippen LogP contribution in [0.4, 0.5) is 0 Å². The van der Waals surface area contributed by atoms with Crippen molar-refractivity contribution in [3.8, 4) is 0 Å². The van der Waals surface area contributed by atoms with Gasteiger partial charge in [-0.15, -0.1) is 0 Å². The molecule has 0 aromatic carbocycles. The van der Waals surface area contributed by atoms with Gasteiger partial charge in [0, 0.05) is 0 Å². The molecule has 0 nitrogen and oxygen atoms in total. The van der Waals surface area contributed by atoms with Crippen molar-refractivity contribution in [3.05, 3.63) is 23.8 Å². The predicted molar refractivity (Wildman–Crippen MR) is 26.2 cm³/mol. The molecule has 0 aliphatic heterocycles. The van der Waals surface area contributed by atoms with E-state index in [1.807, 2.05) is 6.08 Å². The van der Waals surface area contributed by atoms with Crippen LogP contribution in [0.1, 0.15) is 13.3 Å². The fraction of sp³-hybridized carbons (Fsp3) is 0.333. The largest absolute Gasteiger partial charge is 0.0689 e. The average Bonchev–Trinajstić information content (AvgIpc) is 1.86. The second-order valence-electron chi connectivity index (χ2n) is 1.56. The van der Waals surface area contributed by atoms with E-state index >= 15 is 0 Å². The number of rotatable bonds is 0. The molecule has 0 aromatic rings. The van der Waals surface area contributed by atoms with E-state index in [1.54, 1.807) is 0 Å². The summed E-state index contributed by atoms with van der Waals surface area (Å²) >= 11 is 0. The van der Waals surface area contributed by atoms with Crippen molar-refractivity contribution >= 4 is 0 Å². The van der Waals surface area contributed by atoms with Gasteiger partial charge in [0.25, 0.3) is 0 Å². The van der Waals surface area contributed by atoms with Crippen molar-refractivity contribution in [2.75, 3.05) is 0 Å². The summed E-state index contributed by atoms with van der Waals surface area (Å²) in [4.78, 5) is 0. The third-order valence-corrected chi connectivity index (χ3v) is 0.867. The van der Waals surface area contributed by atoms with Gasteiger partial charge in [0.05, 0.1) is 0 Å². The summed E-state index contributed by atoms with van der Waals surface area (Å²) in [6.07, 6.45) is 8.15. The second kappa shape index (κ2) is 1.29. The second-order valence-corrected chi connectivity index (χ2v) is 1.56. The maximum absolute atomic E-state index is 3.05. The lowest BCUT2D eigenvalue weighted by atomic mass is 10.3. The van der Waals surface area contributed by atoms with Crippen molar-refractivity contribution in [2.45, 2.75) is 13.3 Å². The highest BCUT2D eigenvalue weighted by molar-refractivity contribution is 5.16. The summed E-state index contributed by atoms with van der Waals surface area (Å²) in [5.41, 5.74) is 1.41. The molecule has 0 bridgehead atoms. The van der Waals surface area contributed by atoms with Gasteiger partial charge >= 0.3 is 0 Å². The molecule has 1 radical (unpaired) electrons. The molecule has 0 heteroatoms. The first-order valence-electron chi connectivity index (χ1n) is 2.12. The number of hydrogen-bond acceptors (Lipinski definition) is 0. The van der Waals surface area contributed by atoms with Gasteiger partial charge in [0.15, 0.2) is 0 Å². The Kier molecular flexibility index (Phi) is 0.789. The molecule has 1 rings (SSSR count). The van der Waals surface area contributed by atoms with Crippen LogP contribution in [-0.2, 0) is 0 Å². The Morgan fingerprint density at radius 1 is 1.83 bits per heavy atom. The lowest BCUT2D eigenvalue weighted by molar-refractivity contribution is 1.22. The standard InChI is InChI=1S/C6H7/c1-6-4-2-3-5-6/h2,4H,5H2,1H3. The van der Waals surface area contributed by atoms with Gasteiger partial charge in [-0.05, 0) is 19.4 Å². The Morgan fingerprint density at radius 3 is 2.83 bits per heavy atom. The maximum Gasteiger partial charge on any atom is -0.00639 e. The molecule has 0 atom stereocenters. The molecule has 1 aliphatic rings. The van der Waals surface area contributed by atoms with E-state index in [0.717, 1.165) is 6.42 Å². The molecule has 0 amide bonds. The Morgan fingerprint density at radius 2 is 2.67 bits per heavy atom. The van der Waals surface area contributed by atoms with Gasteiger partial charge in [-0.2, -0.15) is 0 Å². The van der Waals surface area contributed by atoms with E-state index in [9.17, 15) is 0 Å². The molecule has 0 N–H and O–H groups in total. The van der Waals surface area contributed by atoms with Gasteiger partial charge in [-0.3, -0.25) is 0 Å². The molecular formula is C6H7. The van der Waals surface area contributed by atoms with E-state index in [1.165, 1.54) is 5.57 Å². The van der Waals surface area contributed by atoms with Crippen LogP contribution in [0.25, 0.3) is 0 Å². The fourth-order valence-electron chi connectivity index (χ4n) is 0.480. The van der Waals surface area contributed by atoms with Crippen molar-refractivity contribution in [1.29, 1.82) is 0 Å². The lowest BCUT2D eigenvalue weighted by Crippen LogP contribution is -1.59. The summed E-state index contributed by atoms with van der Waals surface area (Å²) in [6.45, 7) is 2.11. The number of hydrogen-bond donors (Lipinski definition) is 0. The molecular weight excluding hydrogens is 72.1 g/mol. The van der Waals surface area contributed by atoms with Crippen LogP contribution in [-0.4, -0.2) is 0 Å². The summed E-state index contributed by atoms with van der Waals surface area (Å²) in [7, 11) is 0. The van der Waals surface area contributed by atoms with Crippen LogP contribution in [0.5, 0.6) is 0 Å². The van der Waals surface area contributed by atoms with Crippen molar-refractivity contribution < 1.29 is 0 Å². The van der Waals surface area contributed by atoms with Crippen molar-refractivity contribution in [3.63, 3.8) is 0 Å². The van der Waals surface area contributed by atoms with Gasteiger partial charge in [-0.25, -0.2) is 0 Å². The monoisotopic (exact) mass is 79.1 g/mol. The molecule has 0 heterocycles. The SMILES string of the molecule is CC1=CC=[C]C1. The highest BCUT2D eigenvalue weighted by atomic mass is 13.9.